The summed E-state index contributed by atoms with van der Waals surface area (Å²) in [6.07, 6.45) is 6.50. The molecule has 0 saturated heterocycles. The number of aliphatic imine (C=N–C) groups is 1. The first-order valence-electron chi connectivity index (χ1n) is 9.17. The number of nitrogens with zero attached hydrogens (tertiary/aromatic N) is 2. The fraction of sp³-hybridized carbons (Fsp3) is 0.500. The number of unbranched alkanes of at least 4 members (excludes halogenated alkanes) is 2. The second kappa shape index (κ2) is 9.80. The average molecular weight is 401 g/mol. The van der Waals surface area contributed by atoms with Gasteiger partial charge in [0.1, 0.15) is 5.82 Å². The number of nitrogens with one attached hydrogen (secondary N) is 1. The normalized spacial score (nSPS) is 18.1. The molecule has 2 rings (SSSR count). The molecule has 3 nitrogen and oxygen atoms in total. The summed E-state index contributed by atoms with van der Waals surface area (Å²) in [5, 5.41) is 0. The first-order valence-corrected chi connectivity index (χ1v) is 9.17. The summed E-state index contributed by atoms with van der Waals surface area (Å²) in [4.78, 5) is 11.1. The molecule has 1 aliphatic rings. The molecule has 28 heavy (non-hydrogen) atoms. The maximum absolute atomic E-state index is 13.0. The Morgan fingerprint density at radius 1 is 1.32 bits per heavy atom. The van der Waals surface area contributed by atoms with Gasteiger partial charge >= 0.3 is 6.18 Å². The van der Waals surface area contributed by atoms with E-state index in [9.17, 15) is 22.0 Å². The van der Waals surface area contributed by atoms with Crippen LogP contribution < -0.4 is 0 Å². The smallest absolute Gasteiger partial charge is 0.342 e. The molecule has 0 aliphatic heterocycles. The van der Waals surface area contributed by atoms with Crippen LogP contribution in [-0.4, -0.2) is 34.8 Å². The van der Waals surface area contributed by atoms with Crippen LogP contribution in [0, 0.1) is 0 Å². The zero-order valence-corrected chi connectivity index (χ0v) is 15.5. The minimum Gasteiger partial charge on any atom is -0.342 e. The Bertz CT molecular complexity index is 720. The van der Waals surface area contributed by atoms with Gasteiger partial charge in [0.25, 0.3) is 0 Å². The summed E-state index contributed by atoms with van der Waals surface area (Å²) in [6.45, 7) is 4.05. The van der Waals surface area contributed by atoms with E-state index in [4.69, 9.17) is 0 Å². The van der Waals surface area contributed by atoms with Crippen LogP contribution in [0.25, 0.3) is 5.57 Å². The van der Waals surface area contributed by atoms with E-state index in [0.717, 1.165) is 30.3 Å². The van der Waals surface area contributed by atoms with Gasteiger partial charge in [0.15, 0.2) is 0 Å². The monoisotopic (exact) mass is 401 g/mol. The Balaban J connectivity index is 1.76. The molecule has 0 unspecified atom stereocenters. The first-order chi connectivity index (χ1) is 13.2. The van der Waals surface area contributed by atoms with E-state index < -0.39 is 18.5 Å². The number of H-pyrrole nitrogens is 1. The van der Waals surface area contributed by atoms with E-state index in [0.29, 0.717) is 18.8 Å². The van der Waals surface area contributed by atoms with Crippen molar-refractivity contribution in [2.45, 2.75) is 56.5 Å². The van der Waals surface area contributed by atoms with Gasteiger partial charge in [0, 0.05) is 31.5 Å². The van der Waals surface area contributed by atoms with E-state index in [1.165, 1.54) is 0 Å². The third-order valence-corrected chi connectivity index (χ3v) is 4.34. The van der Waals surface area contributed by atoms with Crippen LogP contribution in [0.1, 0.15) is 56.0 Å². The molecular weight excluding hydrogens is 377 g/mol. The minimum atomic E-state index is -4.20. The van der Waals surface area contributed by atoms with Crippen LogP contribution in [0.15, 0.2) is 42.1 Å². The lowest BCUT2D eigenvalue weighted by Crippen LogP contribution is -2.34. The molecule has 1 fully saturated rings. The van der Waals surface area contributed by atoms with Crippen LogP contribution in [0.3, 0.4) is 0 Å². The van der Waals surface area contributed by atoms with E-state index >= 15 is 0 Å². The highest BCUT2D eigenvalue weighted by molar-refractivity contribution is 5.72. The van der Waals surface area contributed by atoms with Crippen LogP contribution >= 0.6 is 0 Å². The van der Waals surface area contributed by atoms with Crippen LogP contribution in [0.2, 0.25) is 0 Å². The molecule has 0 spiro atoms. The number of imidazole rings is 1. The maximum atomic E-state index is 13.0. The van der Waals surface area contributed by atoms with Gasteiger partial charge in [-0.15, -0.1) is 0 Å². The van der Waals surface area contributed by atoms with E-state index in [-0.39, 0.29) is 18.8 Å². The third kappa shape index (κ3) is 7.40. The van der Waals surface area contributed by atoms with Crippen molar-refractivity contribution in [1.82, 2.24) is 9.97 Å². The molecule has 154 valence electrons. The van der Waals surface area contributed by atoms with Gasteiger partial charge in [0.05, 0.1) is 18.3 Å². The lowest BCUT2D eigenvalue weighted by Gasteiger charge is -2.33. The van der Waals surface area contributed by atoms with Gasteiger partial charge in [-0.1, -0.05) is 30.9 Å². The second-order valence-corrected chi connectivity index (χ2v) is 6.81. The third-order valence-electron chi connectivity index (χ3n) is 4.34. The highest BCUT2D eigenvalue weighted by Gasteiger charge is 2.47. The zero-order chi connectivity index (χ0) is 20.6. The highest BCUT2D eigenvalue weighted by atomic mass is 19.4. The number of hydrogen-bond acceptors (Lipinski definition) is 2. The molecule has 1 aromatic rings. The molecule has 0 amide bonds. The van der Waals surface area contributed by atoms with Crippen molar-refractivity contribution in [3.63, 3.8) is 0 Å². The van der Waals surface area contributed by atoms with E-state index in [1.807, 2.05) is 12.2 Å². The number of rotatable bonds is 10. The molecule has 1 saturated carbocycles. The molecule has 0 bridgehead atoms. The predicted octanol–water partition coefficient (Wildman–Crippen LogP) is 6.24. The molecule has 8 heteroatoms. The first kappa shape index (κ1) is 22.0. The number of aromatic nitrogens is 2. The maximum Gasteiger partial charge on any atom is 0.393 e. The van der Waals surface area contributed by atoms with Gasteiger partial charge < -0.3 is 4.98 Å². The number of aromatic amines is 1. The summed E-state index contributed by atoms with van der Waals surface area (Å²) in [7, 11) is 0. The van der Waals surface area contributed by atoms with Crippen molar-refractivity contribution in [1.29, 1.82) is 0 Å². The van der Waals surface area contributed by atoms with Crippen molar-refractivity contribution >= 4 is 11.8 Å². The zero-order valence-electron chi connectivity index (χ0n) is 15.5. The van der Waals surface area contributed by atoms with Gasteiger partial charge in [0.2, 0.25) is 5.92 Å². The quantitative estimate of drug-likeness (QED) is 0.214. The lowest BCUT2D eigenvalue weighted by atomic mass is 9.81. The lowest BCUT2D eigenvalue weighted by molar-refractivity contribution is -0.120. The fourth-order valence-electron chi connectivity index (χ4n) is 2.84. The second-order valence-electron chi connectivity index (χ2n) is 6.81. The minimum absolute atomic E-state index is 0.179. The van der Waals surface area contributed by atoms with Gasteiger partial charge in [-0.25, -0.2) is 13.8 Å². The number of alkyl halides is 5. The summed E-state index contributed by atoms with van der Waals surface area (Å²) < 4.78 is 61.9. The Labute approximate surface area is 161 Å². The molecule has 1 aliphatic carbocycles. The molecule has 0 radical (unpaired) electrons. The molecule has 1 aromatic heterocycles. The Morgan fingerprint density at radius 2 is 2.07 bits per heavy atom. The Morgan fingerprint density at radius 3 is 2.71 bits per heavy atom. The SMILES string of the molecule is C=C/C=C(\C=C/CCCCN=CCC(F)(F)F)c1cnc(C2CC(F)(F)C2)[nH]1. The summed E-state index contributed by atoms with van der Waals surface area (Å²) in [5.74, 6) is -2.26. The fourth-order valence-corrected chi connectivity index (χ4v) is 2.84. The summed E-state index contributed by atoms with van der Waals surface area (Å²) in [5.41, 5.74) is 1.57. The van der Waals surface area contributed by atoms with Gasteiger partial charge in [-0.05, 0) is 24.8 Å². The summed E-state index contributed by atoms with van der Waals surface area (Å²) >= 11 is 0. The van der Waals surface area contributed by atoms with Crippen LogP contribution in [0.4, 0.5) is 22.0 Å². The van der Waals surface area contributed by atoms with Crippen LogP contribution in [-0.2, 0) is 0 Å². The molecule has 1 N–H and O–H groups in total. The number of allylic oxidation sites excluding steroid dienone is 5. The van der Waals surface area contributed by atoms with Crippen molar-refractivity contribution in [2.75, 3.05) is 6.54 Å². The van der Waals surface area contributed by atoms with E-state index in [2.05, 4.69) is 21.5 Å². The Hall–Kier alpha value is -2.25. The number of halogens is 5. The molecule has 0 aromatic carbocycles. The van der Waals surface area contributed by atoms with Crippen LogP contribution in [0.5, 0.6) is 0 Å². The largest absolute Gasteiger partial charge is 0.393 e. The molecule has 0 atom stereocenters. The molecule has 1 heterocycles. The highest BCUT2D eigenvalue weighted by Crippen LogP contribution is 2.47. The van der Waals surface area contributed by atoms with Crippen molar-refractivity contribution in [2.24, 2.45) is 4.99 Å². The average Bonchev–Trinajstić information content (AvgIpc) is 3.05. The van der Waals surface area contributed by atoms with Gasteiger partial charge in [-0.2, -0.15) is 13.2 Å². The van der Waals surface area contributed by atoms with Crippen molar-refractivity contribution in [3.05, 3.63) is 48.6 Å². The molecular formula is C20H24F5N3. The predicted molar refractivity (Wildman–Crippen MR) is 101 cm³/mol. The van der Waals surface area contributed by atoms with Crippen molar-refractivity contribution < 1.29 is 22.0 Å². The number of hydrogen-bond donors (Lipinski definition) is 1. The standard InChI is InChI=1S/C20H24F5N3/c1-2-7-15(8-5-3-4-6-10-26-11-9-20(23,24)25)17-14-27-18(28-17)16-12-19(21,22)13-16/h2,5,7-8,11,14,16H,1,3-4,6,9-10,12-13H2,(H,27,28)/b8-5-,15-7+,26-11?. The topological polar surface area (TPSA) is 41.0 Å². The van der Waals surface area contributed by atoms with Crippen molar-refractivity contribution in [3.8, 4) is 0 Å². The van der Waals surface area contributed by atoms with E-state index in [1.54, 1.807) is 18.3 Å². The van der Waals surface area contributed by atoms with Gasteiger partial charge in [-0.3, -0.25) is 4.99 Å². The Kier molecular flexibility index (Phi) is 7.71. The summed E-state index contributed by atoms with van der Waals surface area (Å²) in [6, 6.07) is 0.